The molecule has 3 aliphatic rings. The molecule has 4 rings (SSSR count). The Morgan fingerprint density at radius 2 is 2.06 bits per heavy atom. The zero-order chi connectivity index (χ0) is 21.8. The third-order valence-corrected chi connectivity index (χ3v) is 6.38. The average molecular weight is 425 g/mol. The Labute approximate surface area is 183 Å². The number of carbonyl (C=O) groups is 2. The number of nitrogens with zero attached hydrogens (tertiary/aromatic N) is 4. The summed E-state index contributed by atoms with van der Waals surface area (Å²) < 4.78 is 0. The van der Waals surface area contributed by atoms with E-state index in [1.54, 1.807) is 23.3 Å². The molecule has 1 aromatic rings. The molecule has 0 spiro atoms. The number of amides is 3. The molecule has 1 fully saturated rings. The first-order valence-corrected chi connectivity index (χ1v) is 11.3. The van der Waals surface area contributed by atoms with Crippen LogP contribution in [0.1, 0.15) is 43.5 Å². The molecule has 3 amide bonds. The molecule has 8 nitrogen and oxygen atoms in total. The number of para-hydroxylation sites is 1. The van der Waals surface area contributed by atoms with Crippen LogP contribution in [0.5, 0.6) is 0 Å². The number of anilines is 1. The molecule has 0 radical (unpaired) electrons. The number of fused-ring (bicyclic) bond motifs is 2. The van der Waals surface area contributed by atoms with Crippen LogP contribution in [0.15, 0.2) is 41.4 Å². The highest BCUT2D eigenvalue weighted by atomic mass is 16.2. The van der Waals surface area contributed by atoms with E-state index >= 15 is 0 Å². The number of urea groups is 1. The first-order valence-electron chi connectivity index (χ1n) is 11.3. The first kappa shape index (κ1) is 21.5. The molecule has 3 heterocycles. The molecule has 0 saturated carbocycles. The lowest BCUT2D eigenvalue weighted by molar-refractivity contribution is 0.0719. The fourth-order valence-corrected chi connectivity index (χ4v) is 4.62. The maximum absolute atomic E-state index is 13.6. The minimum absolute atomic E-state index is 0.194. The Bertz CT molecular complexity index is 865. The highest BCUT2D eigenvalue weighted by molar-refractivity contribution is 6.06. The second-order valence-electron chi connectivity index (χ2n) is 8.23. The molecule has 2 N–H and O–H groups in total. The van der Waals surface area contributed by atoms with Gasteiger partial charge in [-0.25, -0.2) is 9.80 Å². The van der Waals surface area contributed by atoms with Gasteiger partial charge in [-0.1, -0.05) is 38.5 Å². The largest absolute Gasteiger partial charge is 0.342 e. The van der Waals surface area contributed by atoms with Crippen molar-refractivity contribution in [2.75, 3.05) is 31.1 Å². The van der Waals surface area contributed by atoms with E-state index in [1.807, 2.05) is 24.3 Å². The third-order valence-electron chi connectivity index (χ3n) is 6.38. The van der Waals surface area contributed by atoms with Crippen molar-refractivity contribution >= 4 is 23.8 Å². The molecule has 0 bridgehead atoms. The SMILES string of the molecule is CCN(CC)CC1CCCCN1NC(=O)N1c2ccccc2C(=O)NC2C=CC=NC21. The number of nitrogens with one attached hydrogen (secondary N) is 2. The zero-order valence-corrected chi connectivity index (χ0v) is 18.3. The van der Waals surface area contributed by atoms with Crippen LogP contribution in [0.25, 0.3) is 0 Å². The second-order valence-corrected chi connectivity index (χ2v) is 8.23. The summed E-state index contributed by atoms with van der Waals surface area (Å²) in [7, 11) is 0. The normalized spacial score (nSPS) is 25.6. The standard InChI is InChI=1S/C23H32N6O2/c1-3-27(4-2)16-17-10-7-8-15-28(17)26-23(31)29-20-13-6-5-11-18(20)22(30)25-19-12-9-14-24-21(19)29/h5-6,9,11-14,17,19,21H,3-4,7-8,10,15-16H2,1-2H3,(H,25,30)(H,26,31). The molecule has 0 aromatic heterocycles. The van der Waals surface area contributed by atoms with E-state index < -0.39 is 6.17 Å². The van der Waals surface area contributed by atoms with Crippen LogP contribution in [0.2, 0.25) is 0 Å². The van der Waals surface area contributed by atoms with Crippen molar-refractivity contribution in [3.63, 3.8) is 0 Å². The number of aliphatic imine (C=N–C) groups is 1. The van der Waals surface area contributed by atoms with Crippen molar-refractivity contribution in [2.24, 2.45) is 4.99 Å². The molecule has 0 aliphatic carbocycles. The number of hydrogen-bond acceptors (Lipinski definition) is 5. The highest BCUT2D eigenvalue weighted by Crippen LogP contribution is 2.29. The van der Waals surface area contributed by atoms with Crippen LogP contribution in [0.4, 0.5) is 10.5 Å². The summed E-state index contributed by atoms with van der Waals surface area (Å²) in [4.78, 5) is 35.0. The average Bonchev–Trinajstić information content (AvgIpc) is 2.92. The van der Waals surface area contributed by atoms with Crippen molar-refractivity contribution in [1.82, 2.24) is 20.7 Å². The number of likely N-dealkylation sites (N-methyl/N-ethyl adjacent to an activating group) is 1. The molecule has 1 saturated heterocycles. The van der Waals surface area contributed by atoms with E-state index in [9.17, 15) is 9.59 Å². The molecule has 1 aromatic carbocycles. The molecule has 3 unspecified atom stereocenters. The van der Waals surface area contributed by atoms with Gasteiger partial charge in [-0.05, 0) is 44.1 Å². The van der Waals surface area contributed by atoms with Crippen LogP contribution in [0.3, 0.4) is 0 Å². The lowest BCUT2D eigenvalue weighted by atomic mass is 10.0. The minimum Gasteiger partial charge on any atom is -0.342 e. The summed E-state index contributed by atoms with van der Waals surface area (Å²) in [5.74, 6) is -0.194. The van der Waals surface area contributed by atoms with E-state index in [0.717, 1.165) is 39.0 Å². The lowest BCUT2D eigenvalue weighted by Gasteiger charge is -2.40. The second kappa shape index (κ2) is 9.62. The van der Waals surface area contributed by atoms with Gasteiger partial charge in [0.15, 0.2) is 6.17 Å². The molecule has 31 heavy (non-hydrogen) atoms. The fourth-order valence-electron chi connectivity index (χ4n) is 4.62. The Hall–Kier alpha value is -2.71. The van der Waals surface area contributed by atoms with Crippen LogP contribution >= 0.6 is 0 Å². The number of hydrogen-bond donors (Lipinski definition) is 2. The molecular formula is C23H32N6O2. The summed E-state index contributed by atoms with van der Waals surface area (Å²) in [5, 5.41) is 5.08. The predicted molar refractivity (Wildman–Crippen MR) is 122 cm³/mol. The summed E-state index contributed by atoms with van der Waals surface area (Å²) in [6.07, 6.45) is 8.13. The third kappa shape index (κ3) is 4.50. The van der Waals surface area contributed by atoms with Gasteiger partial charge in [0.2, 0.25) is 0 Å². The van der Waals surface area contributed by atoms with Crippen molar-refractivity contribution in [3.05, 3.63) is 42.0 Å². The van der Waals surface area contributed by atoms with E-state index in [2.05, 4.69) is 39.5 Å². The number of dihydropyridines is 1. The molecule has 166 valence electrons. The Kier molecular flexibility index (Phi) is 6.67. The van der Waals surface area contributed by atoms with Crippen molar-refractivity contribution in [1.29, 1.82) is 0 Å². The predicted octanol–water partition coefficient (Wildman–Crippen LogP) is 2.39. The lowest BCUT2D eigenvalue weighted by Crippen LogP contribution is -2.60. The van der Waals surface area contributed by atoms with Crippen molar-refractivity contribution in [3.8, 4) is 0 Å². The fraction of sp³-hybridized carbons (Fsp3) is 0.522. The van der Waals surface area contributed by atoms with Gasteiger partial charge in [0, 0.05) is 25.3 Å². The highest BCUT2D eigenvalue weighted by Gasteiger charge is 2.39. The maximum atomic E-state index is 13.6. The van der Waals surface area contributed by atoms with E-state index in [0.29, 0.717) is 11.3 Å². The summed E-state index contributed by atoms with van der Waals surface area (Å²) in [6, 6.07) is 6.87. The Morgan fingerprint density at radius 1 is 1.26 bits per heavy atom. The summed E-state index contributed by atoms with van der Waals surface area (Å²) in [5.41, 5.74) is 4.22. The Balaban J connectivity index is 1.60. The van der Waals surface area contributed by atoms with Gasteiger partial charge in [0.05, 0.1) is 17.3 Å². The summed E-state index contributed by atoms with van der Waals surface area (Å²) >= 11 is 0. The van der Waals surface area contributed by atoms with Crippen LogP contribution < -0.4 is 15.6 Å². The monoisotopic (exact) mass is 424 g/mol. The summed E-state index contributed by atoms with van der Waals surface area (Å²) in [6.45, 7) is 8.07. The van der Waals surface area contributed by atoms with E-state index in [1.165, 1.54) is 6.42 Å². The Morgan fingerprint density at radius 3 is 2.87 bits per heavy atom. The number of piperidine rings is 1. The van der Waals surface area contributed by atoms with E-state index in [-0.39, 0.29) is 24.0 Å². The van der Waals surface area contributed by atoms with Gasteiger partial charge >= 0.3 is 6.03 Å². The molecular weight excluding hydrogens is 392 g/mol. The zero-order valence-electron chi connectivity index (χ0n) is 18.3. The van der Waals surface area contributed by atoms with Crippen LogP contribution in [-0.2, 0) is 0 Å². The quantitative estimate of drug-likeness (QED) is 0.761. The number of carbonyl (C=O) groups excluding carboxylic acids is 2. The van der Waals surface area contributed by atoms with Gasteiger partial charge < -0.3 is 10.2 Å². The molecule has 3 aliphatic heterocycles. The minimum atomic E-state index is -0.524. The van der Waals surface area contributed by atoms with Gasteiger partial charge in [-0.15, -0.1) is 0 Å². The topological polar surface area (TPSA) is 80.3 Å². The molecule has 3 atom stereocenters. The molecule has 8 heteroatoms. The maximum Gasteiger partial charge on any atom is 0.338 e. The number of benzene rings is 1. The first-order chi connectivity index (χ1) is 15.1. The van der Waals surface area contributed by atoms with E-state index in [4.69, 9.17) is 0 Å². The number of rotatable bonds is 5. The number of hydrazine groups is 1. The van der Waals surface area contributed by atoms with Gasteiger partial charge in [-0.3, -0.25) is 20.1 Å². The van der Waals surface area contributed by atoms with Crippen molar-refractivity contribution in [2.45, 2.75) is 51.4 Å². The van der Waals surface area contributed by atoms with Crippen LogP contribution in [0, 0.1) is 0 Å². The number of allylic oxidation sites excluding steroid dienone is 1. The van der Waals surface area contributed by atoms with Gasteiger partial charge in [0.25, 0.3) is 5.91 Å². The van der Waals surface area contributed by atoms with Gasteiger partial charge in [-0.2, -0.15) is 0 Å². The van der Waals surface area contributed by atoms with Crippen molar-refractivity contribution < 1.29 is 9.59 Å². The van der Waals surface area contributed by atoms with Gasteiger partial charge in [0.1, 0.15) is 0 Å². The van der Waals surface area contributed by atoms with Crippen LogP contribution in [-0.4, -0.2) is 72.5 Å². The smallest absolute Gasteiger partial charge is 0.338 e.